The Bertz CT molecular complexity index is 163. The lowest BCUT2D eigenvalue weighted by Crippen LogP contribution is -2.29. The Kier molecular flexibility index (Phi) is 8.61. The Morgan fingerprint density at radius 3 is 2.57 bits per heavy atom. The average molecular weight is 198 g/mol. The van der Waals surface area contributed by atoms with Crippen LogP contribution >= 0.6 is 0 Å². The monoisotopic (exact) mass is 198 g/mol. The largest absolute Gasteiger partial charge is 0.380 e. The molecule has 0 saturated carbocycles. The van der Waals surface area contributed by atoms with Crippen molar-refractivity contribution in [3.63, 3.8) is 0 Å². The van der Waals surface area contributed by atoms with Crippen LogP contribution in [0.5, 0.6) is 0 Å². The first-order valence-corrected chi connectivity index (χ1v) is 5.35. The molecule has 0 aromatic rings. The normalized spacial score (nSPS) is 12.8. The third-order valence-electron chi connectivity index (χ3n) is 1.98. The molecule has 82 valence electrons. The maximum absolute atomic E-state index is 8.42. The summed E-state index contributed by atoms with van der Waals surface area (Å²) < 4.78 is 5.43. The lowest BCUT2D eigenvalue weighted by molar-refractivity contribution is 0.124. The highest BCUT2D eigenvalue weighted by atomic mass is 16.5. The minimum atomic E-state index is 0.272. The van der Waals surface area contributed by atoms with Gasteiger partial charge in [0.2, 0.25) is 0 Å². The number of nitrogens with one attached hydrogen (secondary N) is 1. The first-order valence-electron chi connectivity index (χ1n) is 5.35. The van der Waals surface area contributed by atoms with Crippen LogP contribution in [0.25, 0.3) is 0 Å². The van der Waals surface area contributed by atoms with Crippen molar-refractivity contribution in [1.82, 2.24) is 5.32 Å². The molecule has 0 rings (SSSR count). The van der Waals surface area contributed by atoms with Crippen LogP contribution in [-0.2, 0) is 4.74 Å². The van der Waals surface area contributed by atoms with Crippen LogP contribution in [0.15, 0.2) is 0 Å². The summed E-state index contributed by atoms with van der Waals surface area (Å²) in [5.74, 6) is 0.709. The summed E-state index contributed by atoms with van der Waals surface area (Å²) in [4.78, 5) is 0. The van der Waals surface area contributed by atoms with Gasteiger partial charge >= 0.3 is 0 Å². The molecule has 3 nitrogen and oxygen atoms in total. The molecule has 0 radical (unpaired) electrons. The second kappa shape index (κ2) is 8.98. The van der Waals surface area contributed by atoms with Gasteiger partial charge in [0.05, 0.1) is 19.1 Å². The molecule has 0 bridgehead atoms. The summed E-state index contributed by atoms with van der Waals surface area (Å²) in [5.41, 5.74) is 0. The van der Waals surface area contributed by atoms with Gasteiger partial charge in [-0.05, 0) is 19.3 Å². The van der Waals surface area contributed by atoms with Crippen molar-refractivity contribution >= 4 is 0 Å². The number of nitriles is 1. The van der Waals surface area contributed by atoms with Gasteiger partial charge in [-0.1, -0.05) is 13.8 Å². The SMILES string of the molecule is CC(C)CCOCCNC(C)CC#N. The van der Waals surface area contributed by atoms with Crippen molar-refractivity contribution in [2.24, 2.45) is 5.92 Å². The fourth-order valence-electron chi connectivity index (χ4n) is 1.01. The van der Waals surface area contributed by atoms with Crippen LogP contribution in [0.2, 0.25) is 0 Å². The van der Waals surface area contributed by atoms with Gasteiger partial charge in [-0.25, -0.2) is 0 Å². The third-order valence-corrected chi connectivity index (χ3v) is 1.98. The van der Waals surface area contributed by atoms with E-state index >= 15 is 0 Å². The predicted molar refractivity (Wildman–Crippen MR) is 58.0 cm³/mol. The summed E-state index contributed by atoms with van der Waals surface area (Å²) in [6.07, 6.45) is 1.68. The van der Waals surface area contributed by atoms with Crippen molar-refractivity contribution < 1.29 is 4.74 Å². The fraction of sp³-hybridized carbons (Fsp3) is 0.909. The molecule has 0 amide bonds. The van der Waals surface area contributed by atoms with Gasteiger partial charge in [0.1, 0.15) is 0 Å². The Morgan fingerprint density at radius 1 is 1.29 bits per heavy atom. The van der Waals surface area contributed by atoms with Crippen LogP contribution in [-0.4, -0.2) is 25.8 Å². The van der Waals surface area contributed by atoms with Crippen LogP contribution in [0.3, 0.4) is 0 Å². The highest BCUT2D eigenvalue weighted by Gasteiger charge is 1.98. The van der Waals surface area contributed by atoms with Gasteiger partial charge in [0, 0.05) is 19.2 Å². The Hall–Kier alpha value is -0.590. The number of ether oxygens (including phenoxy) is 1. The van der Waals surface area contributed by atoms with E-state index in [1.807, 2.05) is 6.92 Å². The standard InChI is InChI=1S/C11H22N2O/c1-10(2)5-8-14-9-7-13-11(3)4-6-12/h10-11,13H,4-5,7-9H2,1-3H3. The zero-order chi connectivity index (χ0) is 10.8. The maximum atomic E-state index is 8.42. The summed E-state index contributed by atoms with van der Waals surface area (Å²) >= 11 is 0. The number of hydrogen-bond acceptors (Lipinski definition) is 3. The first kappa shape index (κ1) is 13.4. The Morgan fingerprint density at radius 2 is 2.00 bits per heavy atom. The second-order valence-electron chi connectivity index (χ2n) is 4.01. The predicted octanol–water partition coefficient (Wildman–Crippen LogP) is 1.94. The minimum Gasteiger partial charge on any atom is -0.380 e. The van der Waals surface area contributed by atoms with E-state index in [1.54, 1.807) is 0 Å². The molecule has 0 aliphatic heterocycles. The van der Waals surface area contributed by atoms with E-state index in [9.17, 15) is 0 Å². The molecule has 1 atom stereocenters. The molecular weight excluding hydrogens is 176 g/mol. The Balaban J connectivity index is 3.10. The van der Waals surface area contributed by atoms with E-state index < -0.39 is 0 Å². The zero-order valence-electron chi connectivity index (χ0n) is 9.55. The fourth-order valence-corrected chi connectivity index (χ4v) is 1.01. The molecule has 1 unspecified atom stereocenters. The lowest BCUT2D eigenvalue weighted by Gasteiger charge is -2.10. The molecule has 0 heterocycles. The number of hydrogen-bond donors (Lipinski definition) is 1. The molecule has 0 aliphatic carbocycles. The van der Waals surface area contributed by atoms with Crippen LogP contribution < -0.4 is 5.32 Å². The van der Waals surface area contributed by atoms with Crippen molar-refractivity contribution in [2.45, 2.75) is 39.7 Å². The van der Waals surface area contributed by atoms with Gasteiger partial charge in [-0.15, -0.1) is 0 Å². The van der Waals surface area contributed by atoms with E-state index in [0.29, 0.717) is 12.3 Å². The van der Waals surface area contributed by atoms with Crippen LogP contribution in [0, 0.1) is 17.2 Å². The highest BCUT2D eigenvalue weighted by molar-refractivity contribution is 4.76. The van der Waals surface area contributed by atoms with E-state index in [0.717, 1.165) is 26.2 Å². The van der Waals surface area contributed by atoms with Gasteiger partial charge in [-0.3, -0.25) is 0 Å². The summed E-state index contributed by atoms with van der Waals surface area (Å²) in [7, 11) is 0. The summed E-state index contributed by atoms with van der Waals surface area (Å²) in [6.45, 7) is 8.81. The Labute approximate surface area is 87.4 Å². The van der Waals surface area contributed by atoms with E-state index in [-0.39, 0.29) is 6.04 Å². The molecule has 1 N–H and O–H groups in total. The first-order chi connectivity index (χ1) is 6.66. The zero-order valence-corrected chi connectivity index (χ0v) is 9.55. The van der Waals surface area contributed by atoms with Crippen molar-refractivity contribution in [2.75, 3.05) is 19.8 Å². The van der Waals surface area contributed by atoms with Crippen molar-refractivity contribution in [3.05, 3.63) is 0 Å². The lowest BCUT2D eigenvalue weighted by atomic mass is 10.1. The smallest absolute Gasteiger partial charge is 0.0638 e. The molecule has 0 aliphatic rings. The van der Waals surface area contributed by atoms with E-state index in [4.69, 9.17) is 10.00 Å². The number of nitrogens with zero attached hydrogens (tertiary/aromatic N) is 1. The molecule has 0 saturated heterocycles. The van der Waals surface area contributed by atoms with Gasteiger partial charge < -0.3 is 10.1 Å². The topological polar surface area (TPSA) is 45.0 Å². The van der Waals surface area contributed by atoms with E-state index in [2.05, 4.69) is 25.2 Å². The molecule has 0 aromatic heterocycles. The van der Waals surface area contributed by atoms with E-state index in [1.165, 1.54) is 0 Å². The average Bonchev–Trinajstić information content (AvgIpc) is 2.11. The molecule has 3 heteroatoms. The molecule has 0 spiro atoms. The summed E-state index contributed by atoms with van der Waals surface area (Å²) in [5, 5.41) is 11.6. The number of rotatable bonds is 8. The molecule has 0 fully saturated rings. The van der Waals surface area contributed by atoms with Crippen LogP contribution in [0.4, 0.5) is 0 Å². The second-order valence-corrected chi connectivity index (χ2v) is 4.01. The summed E-state index contributed by atoms with van der Waals surface area (Å²) in [6, 6.07) is 2.40. The van der Waals surface area contributed by atoms with Gasteiger partial charge in [0.15, 0.2) is 0 Å². The molecule has 0 aromatic carbocycles. The van der Waals surface area contributed by atoms with Crippen molar-refractivity contribution in [3.8, 4) is 6.07 Å². The van der Waals surface area contributed by atoms with Gasteiger partial charge in [0.25, 0.3) is 0 Å². The minimum absolute atomic E-state index is 0.272. The quantitative estimate of drug-likeness (QED) is 0.606. The molecular formula is C11H22N2O. The highest BCUT2D eigenvalue weighted by Crippen LogP contribution is 1.98. The van der Waals surface area contributed by atoms with Gasteiger partial charge in [-0.2, -0.15) is 5.26 Å². The van der Waals surface area contributed by atoms with Crippen molar-refractivity contribution in [1.29, 1.82) is 5.26 Å². The molecule has 14 heavy (non-hydrogen) atoms. The van der Waals surface area contributed by atoms with Crippen LogP contribution in [0.1, 0.15) is 33.6 Å². The third kappa shape index (κ3) is 9.50. The maximum Gasteiger partial charge on any atom is 0.0638 e.